The summed E-state index contributed by atoms with van der Waals surface area (Å²) in [5, 5.41) is 0. The Kier molecular flexibility index (Phi) is 4.28. The van der Waals surface area contributed by atoms with Crippen molar-refractivity contribution in [1.29, 1.82) is 0 Å². The fraction of sp³-hybridized carbons (Fsp3) is 0.368. The number of fused-ring (bicyclic) bond motifs is 1. The molecule has 3 aromatic rings. The zero-order valence-corrected chi connectivity index (χ0v) is 14.9. The fourth-order valence-corrected chi connectivity index (χ4v) is 3.10. The van der Waals surface area contributed by atoms with Gasteiger partial charge in [-0.2, -0.15) is 0 Å². The first-order chi connectivity index (χ1) is 12.6. The SMILES string of the molecule is CC(C)Cc1ncc2c(n1)CN(C(=O)c1ccc(Cn3ccnc3)o1)C2. The third-order valence-corrected chi connectivity index (χ3v) is 4.35. The van der Waals surface area contributed by atoms with Gasteiger partial charge in [0.2, 0.25) is 0 Å². The monoisotopic (exact) mass is 351 g/mol. The van der Waals surface area contributed by atoms with Gasteiger partial charge in [0.15, 0.2) is 5.76 Å². The van der Waals surface area contributed by atoms with E-state index in [-0.39, 0.29) is 5.91 Å². The molecule has 1 amide bonds. The molecule has 1 aliphatic rings. The molecule has 134 valence electrons. The molecule has 0 spiro atoms. The lowest BCUT2D eigenvalue weighted by Gasteiger charge is -2.12. The summed E-state index contributed by atoms with van der Waals surface area (Å²) in [6.07, 6.45) is 7.98. The molecule has 0 fully saturated rings. The number of furan rings is 1. The quantitative estimate of drug-likeness (QED) is 0.706. The minimum absolute atomic E-state index is 0.120. The molecule has 26 heavy (non-hydrogen) atoms. The van der Waals surface area contributed by atoms with Gasteiger partial charge in [0.05, 0.1) is 25.1 Å². The maximum Gasteiger partial charge on any atom is 0.290 e. The minimum Gasteiger partial charge on any atom is -0.454 e. The molecule has 0 unspecified atom stereocenters. The summed E-state index contributed by atoms with van der Waals surface area (Å²) in [5.41, 5.74) is 1.95. The first-order valence-corrected chi connectivity index (χ1v) is 8.76. The molecular weight excluding hydrogens is 330 g/mol. The van der Waals surface area contributed by atoms with Crippen LogP contribution in [0.15, 0.2) is 41.5 Å². The number of carbonyl (C=O) groups excluding carboxylic acids is 1. The van der Waals surface area contributed by atoms with Crippen LogP contribution in [0.2, 0.25) is 0 Å². The maximum absolute atomic E-state index is 12.8. The largest absolute Gasteiger partial charge is 0.454 e. The van der Waals surface area contributed by atoms with Crippen molar-refractivity contribution in [1.82, 2.24) is 24.4 Å². The Balaban J connectivity index is 1.45. The highest BCUT2D eigenvalue weighted by atomic mass is 16.4. The lowest BCUT2D eigenvalue weighted by Crippen LogP contribution is -2.24. The van der Waals surface area contributed by atoms with Crippen molar-refractivity contribution in [2.75, 3.05) is 0 Å². The van der Waals surface area contributed by atoms with Gasteiger partial charge < -0.3 is 13.9 Å². The standard InChI is InChI=1S/C19H21N5O2/c1-13(2)7-18-21-8-14-9-24(11-16(14)22-18)19(25)17-4-3-15(26-17)10-23-6-5-20-12-23/h3-6,8,12-13H,7,9-11H2,1-2H3. The van der Waals surface area contributed by atoms with E-state index in [4.69, 9.17) is 4.42 Å². The molecule has 0 aliphatic carbocycles. The Morgan fingerprint density at radius 3 is 2.96 bits per heavy atom. The summed E-state index contributed by atoms with van der Waals surface area (Å²) in [6.45, 7) is 5.86. The van der Waals surface area contributed by atoms with Crippen LogP contribution >= 0.6 is 0 Å². The summed E-state index contributed by atoms with van der Waals surface area (Å²) < 4.78 is 7.62. The van der Waals surface area contributed by atoms with E-state index in [1.54, 1.807) is 23.5 Å². The molecule has 3 aromatic heterocycles. The zero-order valence-electron chi connectivity index (χ0n) is 14.9. The number of rotatable bonds is 5. The molecule has 7 heteroatoms. The van der Waals surface area contributed by atoms with Gasteiger partial charge in [-0.3, -0.25) is 4.79 Å². The number of nitrogens with zero attached hydrogens (tertiary/aromatic N) is 5. The molecule has 0 N–H and O–H groups in total. The van der Waals surface area contributed by atoms with Gasteiger partial charge in [-0.1, -0.05) is 13.8 Å². The lowest BCUT2D eigenvalue weighted by molar-refractivity contribution is 0.0716. The third-order valence-electron chi connectivity index (χ3n) is 4.35. The average Bonchev–Trinajstić information content (AvgIpc) is 3.34. The van der Waals surface area contributed by atoms with Gasteiger partial charge in [-0.05, 0) is 18.1 Å². The first kappa shape index (κ1) is 16.5. The van der Waals surface area contributed by atoms with Crippen molar-refractivity contribution in [2.45, 2.75) is 39.9 Å². The Morgan fingerprint density at radius 2 is 2.19 bits per heavy atom. The van der Waals surface area contributed by atoms with Crippen molar-refractivity contribution in [3.8, 4) is 0 Å². The van der Waals surface area contributed by atoms with Crippen LogP contribution in [-0.4, -0.2) is 30.3 Å². The van der Waals surface area contributed by atoms with E-state index in [0.717, 1.165) is 29.3 Å². The van der Waals surface area contributed by atoms with Crippen molar-refractivity contribution in [3.05, 3.63) is 65.7 Å². The Bertz CT molecular complexity index is 914. The molecule has 0 saturated carbocycles. The smallest absolute Gasteiger partial charge is 0.290 e. The molecule has 0 radical (unpaired) electrons. The van der Waals surface area contributed by atoms with E-state index in [1.807, 2.05) is 23.0 Å². The molecule has 0 saturated heterocycles. The highest BCUT2D eigenvalue weighted by Gasteiger charge is 2.28. The number of imidazole rings is 1. The maximum atomic E-state index is 12.8. The molecule has 0 aromatic carbocycles. The average molecular weight is 351 g/mol. The number of hydrogen-bond acceptors (Lipinski definition) is 5. The van der Waals surface area contributed by atoms with Crippen LogP contribution in [0.1, 0.15) is 47.2 Å². The first-order valence-electron chi connectivity index (χ1n) is 8.76. The highest BCUT2D eigenvalue weighted by molar-refractivity contribution is 5.91. The van der Waals surface area contributed by atoms with Crippen LogP contribution in [0.4, 0.5) is 0 Å². The Morgan fingerprint density at radius 1 is 1.31 bits per heavy atom. The summed E-state index contributed by atoms with van der Waals surface area (Å²) >= 11 is 0. The van der Waals surface area contributed by atoms with E-state index in [1.165, 1.54) is 0 Å². The number of amides is 1. The molecule has 4 heterocycles. The predicted molar refractivity (Wildman–Crippen MR) is 94.2 cm³/mol. The van der Waals surface area contributed by atoms with Crippen LogP contribution in [-0.2, 0) is 26.1 Å². The molecular formula is C19H21N5O2. The second kappa shape index (κ2) is 6.74. The zero-order chi connectivity index (χ0) is 18.1. The van der Waals surface area contributed by atoms with E-state index in [2.05, 4.69) is 28.8 Å². The minimum atomic E-state index is -0.120. The van der Waals surface area contributed by atoms with Crippen molar-refractivity contribution < 1.29 is 9.21 Å². The number of carbonyl (C=O) groups is 1. The van der Waals surface area contributed by atoms with Gasteiger partial charge in [0, 0.05) is 37.1 Å². The van der Waals surface area contributed by atoms with Crippen LogP contribution in [0, 0.1) is 5.92 Å². The van der Waals surface area contributed by atoms with Gasteiger partial charge in [0.25, 0.3) is 5.91 Å². The van der Waals surface area contributed by atoms with Crippen LogP contribution < -0.4 is 0 Å². The van der Waals surface area contributed by atoms with Crippen molar-refractivity contribution in [3.63, 3.8) is 0 Å². The molecule has 7 nitrogen and oxygen atoms in total. The van der Waals surface area contributed by atoms with Gasteiger partial charge in [0.1, 0.15) is 11.6 Å². The second-order valence-electron chi connectivity index (χ2n) is 7.02. The third kappa shape index (κ3) is 3.37. The van der Waals surface area contributed by atoms with E-state index in [0.29, 0.717) is 31.3 Å². The molecule has 0 bridgehead atoms. The van der Waals surface area contributed by atoms with Crippen molar-refractivity contribution in [2.24, 2.45) is 5.92 Å². The van der Waals surface area contributed by atoms with Gasteiger partial charge >= 0.3 is 0 Å². The normalized spacial score (nSPS) is 13.4. The molecule has 0 atom stereocenters. The van der Waals surface area contributed by atoms with Crippen LogP contribution in [0.25, 0.3) is 0 Å². The second-order valence-corrected chi connectivity index (χ2v) is 7.02. The topological polar surface area (TPSA) is 77.1 Å². The predicted octanol–water partition coefficient (Wildman–Crippen LogP) is 2.67. The lowest BCUT2D eigenvalue weighted by atomic mass is 10.1. The Hall–Kier alpha value is -2.96. The molecule has 4 rings (SSSR count). The van der Waals surface area contributed by atoms with Gasteiger partial charge in [-0.15, -0.1) is 0 Å². The fourth-order valence-electron chi connectivity index (χ4n) is 3.10. The molecule has 1 aliphatic heterocycles. The highest BCUT2D eigenvalue weighted by Crippen LogP contribution is 2.23. The van der Waals surface area contributed by atoms with Crippen molar-refractivity contribution >= 4 is 5.91 Å². The van der Waals surface area contributed by atoms with Crippen LogP contribution in [0.3, 0.4) is 0 Å². The summed E-state index contributed by atoms with van der Waals surface area (Å²) in [4.78, 5) is 27.6. The van der Waals surface area contributed by atoms with E-state index < -0.39 is 0 Å². The summed E-state index contributed by atoms with van der Waals surface area (Å²) in [5.74, 6) is 2.30. The summed E-state index contributed by atoms with van der Waals surface area (Å²) in [6, 6.07) is 3.56. The number of aromatic nitrogens is 4. The van der Waals surface area contributed by atoms with E-state index in [9.17, 15) is 4.79 Å². The van der Waals surface area contributed by atoms with Gasteiger partial charge in [-0.25, -0.2) is 15.0 Å². The Labute approximate surface area is 151 Å². The summed E-state index contributed by atoms with van der Waals surface area (Å²) in [7, 11) is 0. The van der Waals surface area contributed by atoms with Crippen LogP contribution in [0.5, 0.6) is 0 Å². The number of hydrogen-bond donors (Lipinski definition) is 0. The van der Waals surface area contributed by atoms with E-state index >= 15 is 0 Å².